The van der Waals surface area contributed by atoms with Gasteiger partial charge in [-0.25, -0.2) is 4.68 Å². The third kappa shape index (κ3) is 3.76. The number of benzene rings is 1. The number of nitrogens with zero attached hydrogens (tertiary/aromatic N) is 3. The molecule has 0 saturated carbocycles. The Hall–Kier alpha value is -3.00. The van der Waals surface area contributed by atoms with E-state index in [1.807, 2.05) is 51.4 Å². The Morgan fingerprint density at radius 3 is 2.71 bits per heavy atom. The maximum absolute atomic E-state index is 13.4. The quantitative estimate of drug-likeness (QED) is 0.626. The molecular weight excluding hydrogens is 414 g/mol. The van der Waals surface area contributed by atoms with Crippen molar-refractivity contribution in [1.29, 1.82) is 0 Å². The summed E-state index contributed by atoms with van der Waals surface area (Å²) in [7, 11) is 1.78. The lowest BCUT2D eigenvalue weighted by Gasteiger charge is -2.31. The lowest BCUT2D eigenvalue weighted by atomic mass is 10.00. The van der Waals surface area contributed by atoms with Gasteiger partial charge in [-0.05, 0) is 52.1 Å². The molecule has 1 aliphatic rings. The van der Waals surface area contributed by atoms with Crippen LogP contribution in [-0.2, 0) is 6.61 Å². The topological polar surface area (TPSA) is 76.8 Å². The Balaban J connectivity index is 1.93. The Kier molecular flexibility index (Phi) is 5.21. The van der Waals surface area contributed by atoms with Crippen LogP contribution < -0.4 is 9.47 Å². The predicted molar refractivity (Wildman–Crippen MR) is 120 cm³/mol. The number of ether oxygens (including phenoxy) is 2. The summed E-state index contributed by atoms with van der Waals surface area (Å²) in [6.45, 7) is 9.94. The first-order valence-corrected chi connectivity index (χ1v) is 11.1. The fourth-order valence-electron chi connectivity index (χ4n) is 3.42. The lowest BCUT2D eigenvalue weighted by molar-refractivity contribution is 0.0646. The van der Waals surface area contributed by atoms with Crippen LogP contribution in [0.25, 0.3) is 16.9 Å². The van der Waals surface area contributed by atoms with E-state index < -0.39 is 0 Å². The van der Waals surface area contributed by atoms with Gasteiger partial charge in [-0.2, -0.15) is 16.4 Å². The third-order valence-corrected chi connectivity index (χ3v) is 5.97. The van der Waals surface area contributed by atoms with Gasteiger partial charge in [-0.15, -0.1) is 0 Å². The molecule has 8 heteroatoms. The molecule has 1 aromatic carbocycles. The van der Waals surface area contributed by atoms with Gasteiger partial charge in [0.1, 0.15) is 12.4 Å². The highest BCUT2D eigenvalue weighted by molar-refractivity contribution is 7.08. The Labute approximate surface area is 185 Å². The van der Waals surface area contributed by atoms with Crippen LogP contribution in [0.15, 0.2) is 29.0 Å². The average molecular weight is 442 g/mol. The van der Waals surface area contributed by atoms with Crippen LogP contribution >= 0.6 is 11.3 Å². The standard InChI is InChI=1S/C23H27N3O4S/c1-13(2)30-19-9-15-18(10-17(19)27)29-11-16-20(22(28)25(6)23(3,4)5)24-26(21(15)16)14-7-8-31-12-14/h7-10,12-13,27H,11H2,1-6H3. The van der Waals surface area contributed by atoms with Gasteiger partial charge in [0.05, 0.1) is 17.5 Å². The van der Waals surface area contributed by atoms with E-state index in [0.717, 1.165) is 22.5 Å². The number of hydrogen-bond donors (Lipinski definition) is 1. The van der Waals surface area contributed by atoms with Crippen molar-refractivity contribution in [1.82, 2.24) is 14.7 Å². The number of amides is 1. The van der Waals surface area contributed by atoms with Crippen molar-refractivity contribution in [3.8, 4) is 34.2 Å². The monoisotopic (exact) mass is 441 g/mol. The molecule has 164 valence electrons. The normalized spacial score (nSPS) is 12.9. The van der Waals surface area contributed by atoms with Crippen molar-refractivity contribution < 1.29 is 19.4 Å². The molecule has 0 saturated heterocycles. The SMILES string of the molecule is CC(C)Oc1cc2c(cc1O)OCc1c(C(=O)N(C)C(C)(C)C)nn(-c3ccsc3)c1-2. The minimum Gasteiger partial charge on any atom is -0.504 e. The second kappa shape index (κ2) is 7.60. The molecule has 0 aliphatic carbocycles. The van der Waals surface area contributed by atoms with E-state index in [-0.39, 0.29) is 29.9 Å². The van der Waals surface area contributed by atoms with Gasteiger partial charge in [-0.1, -0.05) is 0 Å². The van der Waals surface area contributed by atoms with Crippen molar-refractivity contribution in [2.45, 2.75) is 52.9 Å². The Morgan fingerprint density at radius 2 is 2.10 bits per heavy atom. The zero-order valence-electron chi connectivity index (χ0n) is 18.6. The molecule has 1 aliphatic heterocycles. The first kappa shape index (κ1) is 21.2. The first-order chi connectivity index (χ1) is 14.6. The van der Waals surface area contributed by atoms with Crippen molar-refractivity contribution in [2.24, 2.45) is 0 Å². The highest BCUT2D eigenvalue weighted by Crippen LogP contribution is 2.46. The smallest absolute Gasteiger partial charge is 0.274 e. The van der Waals surface area contributed by atoms with Gasteiger partial charge in [-0.3, -0.25) is 4.79 Å². The van der Waals surface area contributed by atoms with E-state index in [1.165, 1.54) is 0 Å². The summed E-state index contributed by atoms with van der Waals surface area (Å²) < 4.78 is 13.5. The van der Waals surface area contributed by atoms with Crippen LogP contribution in [0.3, 0.4) is 0 Å². The summed E-state index contributed by atoms with van der Waals surface area (Å²) in [6, 6.07) is 5.28. The lowest BCUT2D eigenvalue weighted by Crippen LogP contribution is -2.43. The van der Waals surface area contributed by atoms with E-state index in [2.05, 4.69) is 0 Å². The van der Waals surface area contributed by atoms with Gasteiger partial charge >= 0.3 is 0 Å². The number of thiophene rings is 1. The van der Waals surface area contributed by atoms with Crippen molar-refractivity contribution in [3.63, 3.8) is 0 Å². The van der Waals surface area contributed by atoms with E-state index >= 15 is 0 Å². The average Bonchev–Trinajstić information content (AvgIpc) is 3.34. The number of phenolic OH excluding ortho intramolecular Hbond substituents is 1. The van der Waals surface area contributed by atoms with E-state index in [1.54, 1.807) is 40.1 Å². The molecule has 3 aromatic rings. The van der Waals surface area contributed by atoms with Crippen LogP contribution in [0.5, 0.6) is 17.2 Å². The van der Waals surface area contributed by atoms with Crippen molar-refractivity contribution >= 4 is 17.2 Å². The third-order valence-electron chi connectivity index (χ3n) is 5.30. The molecule has 7 nitrogen and oxygen atoms in total. The highest BCUT2D eigenvalue weighted by atomic mass is 32.1. The molecule has 3 heterocycles. The van der Waals surface area contributed by atoms with Crippen LogP contribution in [-0.4, -0.2) is 44.4 Å². The van der Waals surface area contributed by atoms with Crippen LogP contribution in [0.4, 0.5) is 0 Å². The summed E-state index contributed by atoms with van der Waals surface area (Å²) in [5.41, 5.74) is 3.11. The molecule has 4 rings (SSSR count). The summed E-state index contributed by atoms with van der Waals surface area (Å²) >= 11 is 1.56. The van der Waals surface area contributed by atoms with E-state index in [0.29, 0.717) is 17.2 Å². The highest BCUT2D eigenvalue weighted by Gasteiger charge is 2.34. The molecule has 0 spiro atoms. The van der Waals surface area contributed by atoms with E-state index in [9.17, 15) is 9.90 Å². The summed E-state index contributed by atoms with van der Waals surface area (Å²) in [5, 5.41) is 19.1. The maximum Gasteiger partial charge on any atom is 0.274 e. The summed E-state index contributed by atoms with van der Waals surface area (Å²) in [4.78, 5) is 15.0. The van der Waals surface area contributed by atoms with Crippen LogP contribution in [0.2, 0.25) is 0 Å². The zero-order chi connectivity index (χ0) is 22.5. The van der Waals surface area contributed by atoms with Gasteiger partial charge < -0.3 is 19.5 Å². The second-order valence-electron chi connectivity index (χ2n) is 8.88. The van der Waals surface area contributed by atoms with Gasteiger partial charge in [0, 0.05) is 35.2 Å². The Bertz CT molecular complexity index is 1130. The molecule has 0 bridgehead atoms. The summed E-state index contributed by atoms with van der Waals surface area (Å²) in [6.07, 6.45) is -0.104. The number of aromatic nitrogens is 2. The van der Waals surface area contributed by atoms with Crippen LogP contribution in [0.1, 0.15) is 50.7 Å². The number of fused-ring (bicyclic) bond motifs is 3. The number of aromatic hydroxyl groups is 1. The fourth-order valence-corrected chi connectivity index (χ4v) is 4.03. The van der Waals surface area contributed by atoms with Gasteiger partial charge in [0.25, 0.3) is 5.91 Å². The molecule has 0 radical (unpaired) electrons. The predicted octanol–water partition coefficient (Wildman–Crippen LogP) is 4.86. The summed E-state index contributed by atoms with van der Waals surface area (Å²) in [5.74, 6) is 0.743. The number of carbonyl (C=O) groups excluding carboxylic acids is 1. The zero-order valence-corrected chi connectivity index (χ0v) is 19.4. The number of carbonyl (C=O) groups is 1. The second-order valence-corrected chi connectivity index (χ2v) is 9.66. The minimum absolute atomic E-state index is 0.0151. The molecule has 31 heavy (non-hydrogen) atoms. The number of phenols is 1. The van der Waals surface area contributed by atoms with Crippen LogP contribution in [0, 0.1) is 0 Å². The molecule has 1 N–H and O–H groups in total. The number of rotatable bonds is 4. The minimum atomic E-state index is -0.354. The van der Waals surface area contributed by atoms with Gasteiger partial charge in [0.15, 0.2) is 17.2 Å². The molecule has 0 fully saturated rings. The van der Waals surface area contributed by atoms with Crippen molar-refractivity contribution in [3.05, 3.63) is 40.2 Å². The molecule has 0 atom stereocenters. The van der Waals surface area contributed by atoms with Crippen molar-refractivity contribution in [2.75, 3.05) is 7.05 Å². The van der Waals surface area contributed by atoms with E-state index in [4.69, 9.17) is 14.6 Å². The molecular formula is C23H27N3O4S. The fraction of sp³-hybridized carbons (Fsp3) is 0.391. The Morgan fingerprint density at radius 1 is 1.35 bits per heavy atom. The number of hydrogen-bond acceptors (Lipinski definition) is 6. The first-order valence-electron chi connectivity index (χ1n) is 10.2. The largest absolute Gasteiger partial charge is 0.504 e. The molecule has 0 unspecified atom stereocenters. The van der Waals surface area contributed by atoms with Gasteiger partial charge in [0.2, 0.25) is 0 Å². The maximum atomic E-state index is 13.4. The molecule has 2 aromatic heterocycles. The molecule has 1 amide bonds.